The zero-order valence-corrected chi connectivity index (χ0v) is 12.2. The van der Waals surface area contributed by atoms with Crippen LogP contribution in [0.3, 0.4) is 0 Å². The first-order valence-electron chi connectivity index (χ1n) is 7.61. The van der Waals surface area contributed by atoms with E-state index in [1.165, 1.54) is 45.3 Å². The standard InChI is InChI=1S/C15H28N2O/c1-14(2,3)16-11-15(12-16)7-4-8-17(15)13-5-9-18-10-6-13/h13H,4-12H2,1-3H3. The van der Waals surface area contributed by atoms with Crippen molar-refractivity contribution in [3.05, 3.63) is 0 Å². The average molecular weight is 252 g/mol. The zero-order valence-electron chi connectivity index (χ0n) is 12.2. The van der Waals surface area contributed by atoms with Gasteiger partial charge < -0.3 is 4.74 Å². The molecule has 3 aliphatic rings. The van der Waals surface area contributed by atoms with Gasteiger partial charge in [0, 0.05) is 43.4 Å². The van der Waals surface area contributed by atoms with Crippen LogP contribution in [0.25, 0.3) is 0 Å². The topological polar surface area (TPSA) is 15.7 Å². The Morgan fingerprint density at radius 3 is 2.39 bits per heavy atom. The zero-order chi connectivity index (χ0) is 12.8. The molecule has 3 fully saturated rings. The molecular formula is C15H28N2O. The summed E-state index contributed by atoms with van der Waals surface area (Å²) in [6, 6.07) is 0.795. The summed E-state index contributed by atoms with van der Waals surface area (Å²) in [5.41, 5.74) is 0.866. The average Bonchev–Trinajstić information content (AvgIpc) is 2.71. The van der Waals surface area contributed by atoms with Crippen LogP contribution >= 0.6 is 0 Å². The molecule has 0 unspecified atom stereocenters. The molecule has 18 heavy (non-hydrogen) atoms. The minimum absolute atomic E-state index is 0.342. The lowest BCUT2D eigenvalue weighted by molar-refractivity contribution is -0.103. The van der Waals surface area contributed by atoms with Crippen LogP contribution in [0.5, 0.6) is 0 Å². The number of likely N-dealkylation sites (tertiary alicyclic amines) is 2. The van der Waals surface area contributed by atoms with Gasteiger partial charge in [0.25, 0.3) is 0 Å². The van der Waals surface area contributed by atoms with Crippen LogP contribution in [0.4, 0.5) is 0 Å². The molecule has 0 N–H and O–H groups in total. The monoisotopic (exact) mass is 252 g/mol. The predicted octanol–water partition coefficient (Wildman–Crippen LogP) is 2.11. The summed E-state index contributed by atoms with van der Waals surface area (Å²) in [5, 5.41) is 0. The molecule has 104 valence electrons. The molecule has 0 atom stereocenters. The van der Waals surface area contributed by atoms with Gasteiger partial charge in [-0.1, -0.05) is 0 Å². The van der Waals surface area contributed by atoms with Crippen molar-refractivity contribution in [3.8, 4) is 0 Å². The van der Waals surface area contributed by atoms with Crippen molar-refractivity contribution in [2.45, 2.75) is 63.6 Å². The van der Waals surface area contributed by atoms with Gasteiger partial charge >= 0.3 is 0 Å². The van der Waals surface area contributed by atoms with Crippen molar-refractivity contribution in [1.82, 2.24) is 9.80 Å². The summed E-state index contributed by atoms with van der Waals surface area (Å²) in [5.74, 6) is 0. The van der Waals surface area contributed by atoms with Gasteiger partial charge in [-0.2, -0.15) is 0 Å². The maximum atomic E-state index is 5.52. The summed E-state index contributed by atoms with van der Waals surface area (Å²) in [6.07, 6.45) is 5.31. The van der Waals surface area contributed by atoms with E-state index < -0.39 is 0 Å². The Morgan fingerprint density at radius 2 is 1.78 bits per heavy atom. The molecule has 0 radical (unpaired) electrons. The molecule has 3 saturated heterocycles. The van der Waals surface area contributed by atoms with Crippen LogP contribution in [0.1, 0.15) is 46.5 Å². The molecule has 0 aromatic heterocycles. The largest absolute Gasteiger partial charge is 0.381 e. The second-order valence-electron chi connectivity index (χ2n) is 7.39. The maximum absolute atomic E-state index is 5.52. The highest BCUT2D eigenvalue weighted by Crippen LogP contribution is 2.43. The van der Waals surface area contributed by atoms with E-state index in [1.807, 2.05) is 0 Å². The van der Waals surface area contributed by atoms with Gasteiger partial charge in [-0.3, -0.25) is 9.80 Å². The third-order valence-electron chi connectivity index (χ3n) is 5.20. The molecule has 0 amide bonds. The van der Waals surface area contributed by atoms with Gasteiger partial charge in [0.15, 0.2) is 0 Å². The molecular weight excluding hydrogens is 224 g/mol. The fraction of sp³-hybridized carbons (Fsp3) is 1.00. The van der Waals surface area contributed by atoms with E-state index in [0.717, 1.165) is 19.3 Å². The Morgan fingerprint density at radius 1 is 1.11 bits per heavy atom. The van der Waals surface area contributed by atoms with E-state index in [9.17, 15) is 0 Å². The van der Waals surface area contributed by atoms with Crippen molar-refractivity contribution in [2.75, 3.05) is 32.8 Å². The number of hydrogen-bond acceptors (Lipinski definition) is 3. The summed E-state index contributed by atoms with van der Waals surface area (Å²) in [4.78, 5) is 5.49. The Kier molecular flexibility index (Phi) is 3.20. The molecule has 3 heteroatoms. The Balaban J connectivity index is 1.65. The van der Waals surface area contributed by atoms with Gasteiger partial charge in [-0.25, -0.2) is 0 Å². The van der Waals surface area contributed by atoms with Crippen molar-refractivity contribution in [1.29, 1.82) is 0 Å². The fourth-order valence-corrected chi connectivity index (χ4v) is 4.00. The van der Waals surface area contributed by atoms with Crippen molar-refractivity contribution in [3.63, 3.8) is 0 Å². The first-order valence-corrected chi connectivity index (χ1v) is 7.61. The number of nitrogens with zero attached hydrogens (tertiary/aromatic N) is 2. The number of ether oxygens (including phenoxy) is 1. The molecule has 0 aliphatic carbocycles. The number of rotatable bonds is 1. The Labute approximate surface area is 111 Å². The van der Waals surface area contributed by atoms with Gasteiger partial charge in [0.1, 0.15) is 0 Å². The highest BCUT2D eigenvalue weighted by molar-refractivity contribution is 5.11. The lowest BCUT2D eigenvalue weighted by Crippen LogP contribution is -2.73. The van der Waals surface area contributed by atoms with Crippen molar-refractivity contribution < 1.29 is 4.74 Å². The summed E-state index contributed by atoms with van der Waals surface area (Å²) in [7, 11) is 0. The SMILES string of the molecule is CC(C)(C)N1CC2(CCCN2C2CCOCC2)C1. The maximum Gasteiger partial charge on any atom is 0.0480 e. The normalized spacial score (nSPS) is 30.8. The van der Waals surface area contributed by atoms with Crippen LogP contribution in [0.2, 0.25) is 0 Å². The molecule has 3 rings (SSSR count). The predicted molar refractivity (Wildman–Crippen MR) is 73.8 cm³/mol. The minimum atomic E-state index is 0.342. The fourth-order valence-electron chi connectivity index (χ4n) is 4.00. The van der Waals surface area contributed by atoms with Gasteiger partial charge in [-0.15, -0.1) is 0 Å². The highest BCUT2D eigenvalue weighted by Gasteiger charge is 2.54. The second-order valence-corrected chi connectivity index (χ2v) is 7.39. The third-order valence-corrected chi connectivity index (χ3v) is 5.20. The first kappa shape index (κ1) is 12.9. The van der Waals surface area contributed by atoms with Gasteiger partial charge in [0.2, 0.25) is 0 Å². The third kappa shape index (κ3) is 2.10. The smallest absolute Gasteiger partial charge is 0.0480 e. The first-order chi connectivity index (χ1) is 8.51. The Hall–Kier alpha value is -0.120. The van der Waals surface area contributed by atoms with E-state index in [4.69, 9.17) is 4.74 Å². The van der Waals surface area contributed by atoms with Crippen LogP contribution in [-0.2, 0) is 4.74 Å². The molecule has 1 spiro atoms. The highest BCUT2D eigenvalue weighted by atomic mass is 16.5. The van der Waals surface area contributed by atoms with Crippen LogP contribution < -0.4 is 0 Å². The van der Waals surface area contributed by atoms with E-state index in [2.05, 4.69) is 30.6 Å². The molecule has 0 aromatic carbocycles. The number of hydrogen-bond donors (Lipinski definition) is 0. The molecule has 3 aliphatic heterocycles. The second kappa shape index (κ2) is 4.46. The van der Waals surface area contributed by atoms with Crippen molar-refractivity contribution in [2.24, 2.45) is 0 Å². The van der Waals surface area contributed by atoms with E-state index in [-0.39, 0.29) is 0 Å². The van der Waals surface area contributed by atoms with Gasteiger partial charge in [-0.05, 0) is 53.0 Å². The van der Waals surface area contributed by atoms with Crippen molar-refractivity contribution >= 4 is 0 Å². The van der Waals surface area contributed by atoms with Crippen LogP contribution in [-0.4, -0.2) is 59.8 Å². The van der Waals surface area contributed by atoms with E-state index in [0.29, 0.717) is 11.1 Å². The van der Waals surface area contributed by atoms with E-state index in [1.54, 1.807) is 0 Å². The van der Waals surface area contributed by atoms with E-state index >= 15 is 0 Å². The van der Waals surface area contributed by atoms with Crippen LogP contribution in [0, 0.1) is 0 Å². The molecule has 0 aromatic rings. The Bertz CT molecular complexity index is 298. The quantitative estimate of drug-likeness (QED) is 0.711. The minimum Gasteiger partial charge on any atom is -0.381 e. The molecule has 0 bridgehead atoms. The summed E-state index contributed by atoms with van der Waals surface area (Å²) >= 11 is 0. The molecule has 0 saturated carbocycles. The van der Waals surface area contributed by atoms with Gasteiger partial charge in [0.05, 0.1) is 0 Å². The lowest BCUT2D eigenvalue weighted by Gasteiger charge is -2.59. The molecule has 3 nitrogen and oxygen atoms in total. The lowest BCUT2D eigenvalue weighted by atomic mass is 9.81. The summed E-state index contributed by atoms with van der Waals surface area (Å²) < 4.78 is 5.52. The molecule has 3 heterocycles. The summed E-state index contributed by atoms with van der Waals surface area (Å²) in [6.45, 7) is 12.9. The van der Waals surface area contributed by atoms with Crippen LogP contribution in [0.15, 0.2) is 0 Å².